The number of carbonyl (C=O) groups excluding carboxylic acids is 1. The van der Waals surface area contributed by atoms with E-state index in [4.69, 9.17) is 16.0 Å². The van der Waals surface area contributed by atoms with Crippen LogP contribution in [0.5, 0.6) is 0 Å². The number of nitrogens with one attached hydrogen (secondary N) is 2. The number of hydrogen-bond donors (Lipinski definition) is 3. The number of rotatable bonds is 3. The zero-order chi connectivity index (χ0) is 16.2. The lowest BCUT2D eigenvalue weighted by molar-refractivity contribution is 0.0114. The minimum Gasteiger partial charge on any atom is -0.444 e. The number of hydrogen-bond acceptors (Lipinski definition) is 5. The molecule has 0 bridgehead atoms. The topological polar surface area (TPSA) is 94.7 Å². The molecule has 0 saturated heterocycles. The fourth-order valence-corrected chi connectivity index (χ4v) is 2.71. The van der Waals surface area contributed by atoms with E-state index in [0.29, 0.717) is 5.84 Å². The standard InChI is InChI=1S/C14H29N5O2/c1-10(15)19(18(5)16)12-8-6-11(7-9-12)17-13(20)21-14(2,3)4/h11-12,15H,6-9,16H2,1-5H3,(H,17,20). The van der Waals surface area contributed by atoms with Crippen molar-refractivity contribution in [2.45, 2.75) is 71.1 Å². The van der Waals surface area contributed by atoms with Crippen LogP contribution in [-0.2, 0) is 4.74 Å². The van der Waals surface area contributed by atoms with Gasteiger partial charge < -0.3 is 10.1 Å². The van der Waals surface area contributed by atoms with E-state index in [9.17, 15) is 4.79 Å². The highest BCUT2D eigenvalue weighted by molar-refractivity contribution is 5.76. The van der Waals surface area contributed by atoms with Gasteiger partial charge in [-0.2, -0.15) is 5.12 Å². The van der Waals surface area contributed by atoms with E-state index in [1.54, 1.807) is 19.0 Å². The van der Waals surface area contributed by atoms with Crippen LogP contribution in [0.15, 0.2) is 0 Å². The van der Waals surface area contributed by atoms with Gasteiger partial charge in [-0.05, 0) is 53.4 Å². The number of nitrogens with two attached hydrogens (primary N) is 1. The molecule has 0 aromatic carbocycles. The fraction of sp³-hybridized carbons (Fsp3) is 0.857. The smallest absolute Gasteiger partial charge is 0.407 e. The summed E-state index contributed by atoms with van der Waals surface area (Å²) in [6.07, 6.45) is 3.14. The summed E-state index contributed by atoms with van der Waals surface area (Å²) < 4.78 is 5.27. The lowest BCUT2D eigenvalue weighted by Crippen LogP contribution is -2.54. The highest BCUT2D eigenvalue weighted by Gasteiger charge is 2.29. The van der Waals surface area contributed by atoms with E-state index in [2.05, 4.69) is 5.32 Å². The summed E-state index contributed by atoms with van der Waals surface area (Å²) in [4.78, 5) is 11.8. The molecule has 0 unspecified atom stereocenters. The Morgan fingerprint density at radius 2 is 1.81 bits per heavy atom. The van der Waals surface area contributed by atoms with Crippen molar-refractivity contribution in [2.75, 3.05) is 7.05 Å². The van der Waals surface area contributed by atoms with Crippen LogP contribution in [0.3, 0.4) is 0 Å². The maximum absolute atomic E-state index is 11.8. The van der Waals surface area contributed by atoms with Crippen LogP contribution in [-0.4, -0.2) is 46.8 Å². The number of alkyl carbamates (subject to hydrolysis) is 1. The van der Waals surface area contributed by atoms with Crippen molar-refractivity contribution in [3.8, 4) is 0 Å². The number of amidine groups is 1. The molecular weight excluding hydrogens is 270 g/mol. The van der Waals surface area contributed by atoms with E-state index in [1.165, 1.54) is 5.12 Å². The van der Waals surface area contributed by atoms with Crippen LogP contribution in [0, 0.1) is 5.41 Å². The Morgan fingerprint density at radius 3 is 2.19 bits per heavy atom. The predicted molar refractivity (Wildman–Crippen MR) is 82.6 cm³/mol. The Kier molecular flexibility index (Phi) is 5.98. The number of ether oxygens (including phenoxy) is 1. The van der Waals surface area contributed by atoms with Gasteiger partial charge in [0.05, 0.1) is 0 Å². The Balaban J connectivity index is 2.45. The molecule has 7 nitrogen and oxygen atoms in total. The van der Waals surface area contributed by atoms with E-state index < -0.39 is 5.60 Å². The largest absolute Gasteiger partial charge is 0.444 e. The van der Waals surface area contributed by atoms with Crippen LogP contribution < -0.4 is 11.2 Å². The summed E-state index contributed by atoms with van der Waals surface area (Å²) in [6, 6.07) is 0.348. The summed E-state index contributed by atoms with van der Waals surface area (Å²) >= 11 is 0. The molecular formula is C14H29N5O2. The molecule has 122 valence electrons. The molecule has 0 heterocycles. The van der Waals surface area contributed by atoms with Gasteiger partial charge in [0.2, 0.25) is 0 Å². The third-order valence-electron chi connectivity index (χ3n) is 3.45. The maximum atomic E-state index is 11.8. The molecule has 0 atom stereocenters. The zero-order valence-corrected chi connectivity index (χ0v) is 13.8. The first-order valence-corrected chi connectivity index (χ1v) is 7.42. The van der Waals surface area contributed by atoms with E-state index in [0.717, 1.165) is 25.7 Å². The van der Waals surface area contributed by atoms with Gasteiger partial charge in [-0.15, -0.1) is 0 Å². The van der Waals surface area contributed by atoms with Gasteiger partial charge in [-0.1, -0.05) is 0 Å². The van der Waals surface area contributed by atoms with Crippen LogP contribution in [0.1, 0.15) is 53.4 Å². The SMILES string of the molecule is CC(=N)N(C1CCC(NC(=O)OC(C)(C)C)CC1)N(C)N. The van der Waals surface area contributed by atoms with Crippen LogP contribution >= 0.6 is 0 Å². The molecule has 1 aliphatic carbocycles. The second-order valence-electron chi connectivity index (χ2n) is 6.66. The van der Waals surface area contributed by atoms with Gasteiger partial charge in [0.25, 0.3) is 0 Å². The first-order valence-electron chi connectivity index (χ1n) is 7.42. The van der Waals surface area contributed by atoms with Crippen LogP contribution in [0.25, 0.3) is 0 Å². The second-order valence-corrected chi connectivity index (χ2v) is 6.66. The monoisotopic (exact) mass is 299 g/mol. The van der Waals surface area contributed by atoms with Gasteiger partial charge in [-0.25, -0.2) is 4.79 Å². The van der Waals surface area contributed by atoms with Crippen molar-refractivity contribution in [1.29, 1.82) is 5.41 Å². The Morgan fingerprint density at radius 1 is 1.29 bits per heavy atom. The lowest BCUT2D eigenvalue weighted by atomic mass is 9.91. The highest BCUT2D eigenvalue weighted by Crippen LogP contribution is 2.24. The molecule has 1 saturated carbocycles. The van der Waals surface area contributed by atoms with Gasteiger partial charge in [0.15, 0.2) is 0 Å². The Labute approximate surface area is 127 Å². The third-order valence-corrected chi connectivity index (χ3v) is 3.45. The molecule has 0 aliphatic heterocycles. The summed E-state index contributed by atoms with van der Waals surface area (Å²) in [5.74, 6) is 6.22. The fourth-order valence-electron chi connectivity index (χ4n) is 2.71. The summed E-state index contributed by atoms with van der Waals surface area (Å²) in [6.45, 7) is 7.29. The van der Waals surface area contributed by atoms with Crippen molar-refractivity contribution in [2.24, 2.45) is 5.84 Å². The van der Waals surface area contributed by atoms with Crippen LogP contribution in [0.4, 0.5) is 4.79 Å². The second kappa shape index (κ2) is 7.09. The third kappa shape index (κ3) is 5.89. The first kappa shape index (κ1) is 17.7. The molecule has 0 radical (unpaired) electrons. The molecule has 1 amide bonds. The number of carbonyl (C=O) groups is 1. The summed E-state index contributed by atoms with van der Waals surface area (Å²) in [7, 11) is 1.74. The predicted octanol–water partition coefficient (Wildman–Crippen LogP) is 1.84. The molecule has 0 aromatic heterocycles. The summed E-state index contributed by atoms with van der Waals surface area (Å²) in [5, 5.41) is 14.0. The van der Waals surface area contributed by atoms with Gasteiger partial charge >= 0.3 is 6.09 Å². The van der Waals surface area contributed by atoms with Gasteiger partial charge in [0, 0.05) is 19.1 Å². The zero-order valence-electron chi connectivity index (χ0n) is 13.8. The molecule has 4 N–H and O–H groups in total. The van der Waals surface area contributed by atoms with Crippen molar-refractivity contribution >= 4 is 11.9 Å². The molecule has 1 fully saturated rings. The Hall–Kier alpha value is -1.34. The molecule has 0 aromatic rings. The molecule has 21 heavy (non-hydrogen) atoms. The van der Waals surface area contributed by atoms with Crippen molar-refractivity contribution in [3.05, 3.63) is 0 Å². The number of nitrogens with zero attached hydrogens (tertiary/aromatic N) is 2. The van der Waals surface area contributed by atoms with E-state index in [-0.39, 0.29) is 18.2 Å². The van der Waals surface area contributed by atoms with Crippen molar-refractivity contribution < 1.29 is 9.53 Å². The number of hydrazine groups is 2. The maximum Gasteiger partial charge on any atom is 0.407 e. The van der Waals surface area contributed by atoms with Crippen molar-refractivity contribution in [3.63, 3.8) is 0 Å². The quantitative estimate of drug-likeness (QED) is 0.320. The average molecular weight is 299 g/mol. The minimum atomic E-state index is -0.475. The number of amides is 1. The van der Waals surface area contributed by atoms with Crippen LogP contribution in [0.2, 0.25) is 0 Å². The Bertz CT molecular complexity index is 370. The molecule has 7 heteroatoms. The van der Waals surface area contributed by atoms with E-state index in [1.807, 2.05) is 20.8 Å². The minimum absolute atomic E-state index is 0.132. The highest BCUT2D eigenvalue weighted by atomic mass is 16.6. The summed E-state index contributed by atoms with van der Waals surface area (Å²) in [5.41, 5.74) is -0.475. The lowest BCUT2D eigenvalue weighted by Gasteiger charge is -2.40. The van der Waals surface area contributed by atoms with E-state index >= 15 is 0 Å². The van der Waals surface area contributed by atoms with Gasteiger partial charge in [0.1, 0.15) is 11.4 Å². The molecule has 1 rings (SSSR count). The van der Waals surface area contributed by atoms with Crippen molar-refractivity contribution in [1.82, 2.24) is 15.4 Å². The average Bonchev–Trinajstić information content (AvgIpc) is 2.27. The normalized spacial score (nSPS) is 22.8. The van der Waals surface area contributed by atoms with Gasteiger partial charge in [-0.3, -0.25) is 16.3 Å². The first-order chi connectivity index (χ1) is 9.60. The molecule has 0 spiro atoms. The molecule has 1 aliphatic rings.